The van der Waals surface area contributed by atoms with Gasteiger partial charge in [-0.3, -0.25) is 0 Å². The molecule has 0 unspecified atom stereocenters. The Hall–Kier alpha value is -0.940. The minimum atomic E-state index is -3.45. The van der Waals surface area contributed by atoms with E-state index in [-0.39, 0.29) is 4.90 Å². The van der Waals surface area contributed by atoms with E-state index < -0.39 is 22.3 Å². The van der Waals surface area contributed by atoms with E-state index in [0.29, 0.717) is 13.0 Å². The highest BCUT2D eigenvalue weighted by Gasteiger charge is 2.13. The number of hydrogen-bond acceptors (Lipinski definition) is 3. The van der Waals surface area contributed by atoms with Gasteiger partial charge in [-0.25, -0.2) is 12.8 Å². The van der Waals surface area contributed by atoms with Gasteiger partial charge in [-0.05, 0) is 30.7 Å². The van der Waals surface area contributed by atoms with Crippen LogP contribution in [0.2, 0.25) is 0 Å². The molecule has 1 rings (SSSR count). The van der Waals surface area contributed by atoms with Gasteiger partial charge in [0.1, 0.15) is 6.67 Å². The summed E-state index contributed by atoms with van der Waals surface area (Å²) in [6.07, 6.45) is 0.712. The Morgan fingerprint density at radius 1 is 1.20 bits per heavy atom. The lowest BCUT2D eigenvalue weighted by molar-refractivity contribution is 0.517. The van der Waals surface area contributed by atoms with Crippen LogP contribution in [0.5, 0.6) is 0 Å². The van der Waals surface area contributed by atoms with Crippen molar-refractivity contribution in [1.29, 1.82) is 0 Å². The summed E-state index contributed by atoms with van der Waals surface area (Å²) in [5.41, 5.74) is 6.35. The van der Waals surface area contributed by atoms with Crippen LogP contribution >= 0.6 is 0 Å². The molecular weight excluding hydrogens is 217 g/mol. The molecule has 0 fully saturated rings. The average molecular weight is 231 g/mol. The molecule has 0 saturated carbocycles. The number of sulfone groups is 1. The van der Waals surface area contributed by atoms with Gasteiger partial charge in [-0.1, -0.05) is 12.1 Å². The van der Waals surface area contributed by atoms with Crippen LogP contribution in [-0.2, 0) is 16.3 Å². The summed E-state index contributed by atoms with van der Waals surface area (Å²) in [7, 11) is -3.45. The van der Waals surface area contributed by atoms with E-state index in [4.69, 9.17) is 5.73 Å². The summed E-state index contributed by atoms with van der Waals surface area (Å²) in [4.78, 5) is 0.168. The fourth-order valence-electron chi connectivity index (χ4n) is 1.25. The largest absolute Gasteiger partial charge is 0.330 e. The van der Waals surface area contributed by atoms with E-state index >= 15 is 0 Å². The van der Waals surface area contributed by atoms with Gasteiger partial charge in [0, 0.05) is 0 Å². The SMILES string of the molecule is NCCc1ccc(S(=O)(=O)CCF)cc1. The minimum Gasteiger partial charge on any atom is -0.330 e. The first-order chi connectivity index (χ1) is 7.10. The second-order valence-corrected chi connectivity index (χ2v) is 5.30. The Bertz CT molecular complexity index is 400. The number of rotatable bonds is 5. The van der Waals surface area contributed by atoms with Crippen molar-refractivity contribution in [1.82, 2.24) is 0 Å². The molecule has 5 heteroatoms. The Morgan fingerprint density at radius 2 is 1.80 bits per heavy atom. The first-order valence-electron chi connectivity index (χ1n) is 4.68. The third kappa shape index (κ3) is 3.28. The molecule has 0 spiro atoms. The van der Waals surface area contributed by atoms with Crippen LogP contribution in [0.1, 0.15) is 5.56 Å². The van der Waals surface area contributed by atoms with E-state index in [1.54, 1.807) is 12.1 Å². The Kier molecular flexibility index (Phi) is 4.23. The zero-order valence-corrected chi connectivity index (χ0v) is 9.13. The molecule has 0 radical (unpaired) electrons. The third-order valence-corrected chi connectivity index (χ3v) is 3.74. The lowest BCUT2D eigenvalue weighted by atomic mass is 10.2. The number of alkyl halides is 1. The lowest BCUT2D eigenvalue weighted by Crippen LogP contribution is -2.08. The van der Waals surface area contributed by atoms with E-state index in [2.05, 4.69) is 0 Å². The quantitative estimate of drug-likeness (QED) is 0.820. The molecule has 84 valence electrons. The number of benzene rings is 1. The maximum atomic E-state index is 12.0. The third-order valence-electron chi connectivity index (χ3n) is 2.06. The molecule has 1 aromatic rings. The molecule has 0 aliphatic rings. The standard InChI is InChI=1S/C10H14FNO2S/c11-6-8-15(13,14)10-3-1-9(2-4-10)5-7-12/h1-4H,5-8,12H2. The van der Waals surface area contributed by atoms with Crippen LogP contribution in [0.25, 0.3) is 0 Å². The summed E-state index contributed by atoms with van der Waals surface area (Å²) in [6, 6.07) is 6.40. The molecule has 0 heterocycles. The number of halogens is 1. The maximum absolute atomic E-state index is 12.0. The summed E-state index contributed by atoms with van der Waals surface area (Å²) in [5.74, 6) is -0.455. The van der Waals surface area contributed by atoms with E-state index in [0.717, 1.165) is 5.56 Å². The monoisotopic (exact) mass is 231 g/mol. The van der Waals surface area contributed by atoms with Gasteiger partial charge in [0.2, 0.25) is 0 Å². The fraction of sp³-hybridized carbons (Fsp3) is 0.400. The number of nitrogens with two attached hydrogens (primary N) is 1. The smallest absolute Gasteiger partial charge is 0.180 e. The molecule has 15 heavy (non-hydrogen) atoms. The molecule has 0 aromatic heterocycles. The van der Waals surface area contributed by atoms with E-state index in [1.807, 2.05) is 0 Å². The molecule has 3 nitrogen and oxygen atoms in total. The van der Waals surface area contributed by atoms with Crippen LogP contribution in [0.4, 0.5) is 4.39 Å². The van der Waals surface area contributed by atoms with Crippen molar-refractivity contribution in [2.45, 2.75) is 11.3 Å². The normalized spacial score (nSPS) is 11.6. The molecular formula is C10H14FNO2S. The van der Waals surface area contributed by atoms with Gasteiger partial charge < -0.3 is 5.73 Å². The van der Waals surface area contributed by atoms with Gasteiger partial charge in [0.05, 0.1) is 10.6 Å². The predicted octanol–water partition coefficient (Wildman–Crippen LogP) is 0.931. The van der Waals surface area contributed by atoms with Crippen LogP contribution in [0.3, 0.4) is 0 Å². The molecule has 0 atom stereocenters. The Morgan fingerprint density at radius 3 is 2.27 bits per heavy atom. The highest BCUT2D eigenvalue weighted by molar-refractivity contribution is 7.91. The van der Waals surface area contributed by atoms with Gasteiger partial charge in [-0.15, -0.1) is 0 Å². The first-order valence-corrected chi connectivity index (χ1v) is 6.33. The zero-order chi connectivity index (χ0) is 11.3. The van der Waals surface area contributed by atoms with Gasteiger partial charge in [0.25, 0.3) is 0 Å². The first kappa shape index (κ1) is 12.1. The molecule has 0 bridgehead atoms. The summed E-state index contributed by atoms with van der Waals surface area (Å²) < 4.78 is 34.9. The summed E-state index contributed by atoms with van der Waals surface area (Å²) >= 11 is 0. The highest BCUT2D eigenvalue weighted by Crippen LogP contribution is 2.12. The van der Waals surface area contributed by atoms with Crippen LogP contribution < -0.4 is 5.73 Å². The van der Waals surface area contributed by atoms with E-state index in [9.17, 15) is 12.8 Å². The second-order valence-electron chi connectivity index (χ2n) is 3.19. The van der Waals surface area contributed by atoms with Crippen LogP contribution in [0.15, 0.2) is 29.2 Å². The molecule has 0 aliphatic heterocycles. The van der Waals surface area contributed by atoms with Gasteiger partial charge in [-0.2, -0.15) is 0 Å². The van der Waals surface area contributed by atoms with Gasteiger partial charge in [0.15, 0.2) is 9.84 Å². The minimum absolute atomic E-state index is 0.168. The van der Waals surface area contributed by atoms with Crippen molar-refractivity contribution < 1.29 is 12.8 Å². The van der Waals surface area contributed by atoms with Crippen molar-refractivity contribution in [2.75, 3.05) is 19.0 Å². The Labute approximate surface area is 89.0 Å². The molecule has 0 aliphatic carbocycles. The Balaban J connectivity index is 2.89. The lowest BCUT2D eigenvalue weighted by Gasteiger charge is -2.03. The summed E-state index contributed by atoms with van der Waals surface area (Å²) in [6.45, 7) is -0.330. The molecule has 2 N–H and O–H groups in total. The molecule has 0 saturated heterocycles. The van der Waals surface area contributed by atoms with Crippen molar-refractivity contribution in [3.63, 3.8) is 0 Å². The van der Waals surface area contributed by atoms with Crippen molar-refractivity contribution >= 4 is 9.84 Å². The predicted molar refractivity (Wildman–Crippen MR) is 57.2 cm³/mol. The van der Waals surface area contributed by atoms with Gasteiger partial charge >= 0.3 is 0 Å². The van der Waals surface area contributed by atoms with Crippen molar-refractivity contribution in [3.8, 4) is 0 Å². The topological polar surface area (TPSA) is 60.2 Å². The highest BCUT2D eigenvalue weighted by atomic mass is 32.2. The zero-order valence-electron chi connectivity index (χ0n) is 8.32. The van der Waals surface area contributed by atoms with Crippen molar-refractivity contribution in [3.05, 3.63) is 29.8 Å². The van der Waals surface area contributed by atoms with E-state index in [1.165, 1.54) is 12.1 Å². The summed E-state index contributed by atoms with van der Waals surface area (Å²) in [5, 5.41) is 0. The molecule has 1 aromatic carbocycles. The average Bonchev–Trinajstić information content (AvgIpc) is 2.19. The van der Waals surface area contributed by atoms with Crippen LogP contribution in [0, 0.1) is 0 Å². The van der Waals surface area contributed by atoms with Crippen molar-refractivity contribution in [2.24, 2.45) is 5.73 Å². The maximum Gasteiger partial charge on any atom is 0.180 e. The molecule has 0 amide bonds. The fourth-order valence-corrected chi connectivity index (χ4v) is 2.24. The number of hydrogen-bond donors (Lipinski definition) is 1. The van der Waals surface area contributed by atoms with Crippen LogP contribution in [-0.4, -0.2) is 27.4 Å². The second kappa shape index (κ2) is 5.23.